The number of phenols is 2. The van der Waals surface area contributed by atoms with Crippen LogP contribution in [0.1, 0.15) is 31.1 Å². The molecule has 0 aliphatic rings. The first-order chi connectivity index (χ1) is 13.6. The fourth-order valence-electron chi connectivity index (χ4n) is 2.68. The molecule has 1 amide bonds. The zero-order valence-corrected chi connectivity index (χ0v) is 14.3. The Labute approximate surface area is 160 Å². The van der Waals surface area contributed by atoms with Gasteiger partial charge in [-0.05, 0) is 18.2 Å². The van der Waals surface area contributed by atoms with E-state index >= 15 is 0 Å². The van der Waals surface area contributed by atoms with E-state index in [2.05, 4.69) is 10.3 Å². The number of amides is 1. The molecule has 0 unspecified atom stereocenters. The second-order valence-electron chi connectivity index (χ2n) is 5.89. The Balaban J connectivity index is 2.07. The van der Waals surface area contributed by atoms with Gasteiger partial charge in [0.15, 0.2) is 0 Å². The topological polar surface area (TPSA) is 197 Å². The number of hydrogen-bond acceptors (Lipinski definition) is 7. The van der Waals surface area contributed by atoms with E-state index in [-0.39, 0.29) is 16.6 Å². The third-order valence-electron chi connectivity index (χ3n) is 4.05. The quantitative estimate of drug-likeness (QED) is 0.337. The molecule has 0 bridgehead atoms. The highest BCUT2D eigenvalue weighted by Crippen LogP contribution is 2.31. The Morgan fingerprint density at radius 2 is 1.48 bits per heavy atom. The molecule has 2 aromatic carbocycles. The van der Waals surface area contributed by atoms with Gasteiger partial charge in [0.2, 0.25) is 0 Å². The van der Waals surface area contributed by atoms with Crippen LogP contribution in [0, 0.1) is 0 Å². The standard InChI is InChI=1S/C18H12N2O9/c21-11-3-6(1-2-7(11)17(26)27)19-15(24)13-14(23)8-4-9(18(28)29)12(22)5-10(8)20-16(13)25/h1-5,21-22H,(H,19,24)(H,26,27)(H,28,29)(H2,20,23,25). The van der Waals surface area contributed by atoms with Gasteiger partial charge >= 0.3 is 11.9 Å². The zero-order valence-electron chi connectivity index (χ0n) is 14.3. The first-order valence-electron chi connectivity index (χ1n) is 7.83. The largest absolute Gasteiger partial charge is 0.507 e. The minimum absolute atomic E-state index is 0.0617. The van der Waals surface area contributed by atoms with Gasteiger partial charge in [-0.25, -0.2) is 9.59 Å². The summed E-state index contributed by atoms with van der Waals surface area (Å²) in [6.45, 7) is 0. The van der Waals surface area contributed by atoms with Crippen LogP contribution < -0.4 is 10.9 Å². The van der Waals surface area contributed by atoms with Crippen LogP contribution >= 0.6 is 0 Å². The lowest BCUT2D eigenvalue weighted by molar-refractivity contribution is 0.0682. The lowest BCUT2D eigenvalue weighted by Gasteiger charge is -2.10. The summed E-state index contributed by atoms with van der Waals surface area (Å²) < 4.78 is 0. The molecule has 11 heteroatoms. The fourth-order valence-corrected chi connectivity index (χ4v) is 2.68. The van der Waals surface area contributed by atoms with E-state index in [0.717, 1.165) is 30.3 Å². The Morgan fingerprint density at radius 1 is 0.862 bits per heavy atom. The number of benzene rings is 2. The van der Waals surface area contributed by atoms with Gasteiger partial charge in [-0.15, -0.1) is 0 Å². The average molecular weight is 400 g/mol. The molecule has 0 saturated heterocycles. The number of aromatic hydroxyl groups is 3. The van der Waals surface area contributed by atoms with Crippen LogP contribution in [-0.2, 0) is 0 Å². The molecule has 29 heavy (non-hydrogen) atoms. The molecule has 0 atom stereocenters. The number of pyridine rings is 1. The maximum Gasteiger partial charge on any atom is 0.339 e. The van der Waals surface area contributed by atoms with Crippen LogP contribution in [0.5, 0.6) is 17.2 Å². The van der Waals surface area contributed by atoms with E-state index in [1.165, 1.54) is 0 Å². The second kappa shape index (κ2) is 6.88. The SMILES string of the molecule is O=C(O)c1ccc(NC(=O)c2c(O)c3cc(C(=O)O)c(O)cc3[nH]c2=O)cc1O. The first-order valence-corrected chi connectivity index (χ1v) is 7.83. The van der Waals surface area contributed by atoms with Crippen molar-refractivity contribution in [3.63, 3.8) is 0 Å². The second-order valence-corrected chi connectivity index (χ2v) is 5.89. The van der Waals surface area contributed by atoms with E-state index in [1.807, 2.05) is 0 Å². The Kier molecular flexibility index (Phi) is 4.56. The average Bonchev–Trinajstić information content (AvgIpc) is 2.60. The van der Waals surface area contributed by atoms with Crippen LogP contribution in [0.2, 0.25) is 0 Å². The van der Waals surface area contributed by atoms with Gasteiger partial charge in [0.25, 0.3) is 11.5 Å². The zero-order chi connectivity index (χ0) is 21.5. The van der Waals surface area contributed by atoms with Crippen molar-refractivity contribution in [3.05, 3.63) is 57.4 Å². The molecule has 0 saturated carbocycles. The summed E-state index contributed by atoms with van der Waals surface area (Å²) in [5, 5.41) is 49.7. The van der Waals surface area contributed by atoms with Crippen molar-refractivity contribution in [1.29, 1.82) is 0 Å². The van der Waals surface area contributed by atoms with Crippen LogP contribution in [0.15, 0.2) is 35.1 Å². The van der Waals surface area contributed by atoms with Crippen LogP contribution in [-0.4, -0.2) is 48.4 Å². The molecule has 7 N–H and O–H groups in total. The predicted molar refractivity (Wildman–Crippen MR) is 97.9 cm³/mol. The first kappa shape index (κ1) is 19.2. The molecule has 0 radical (unpaired) electrons. The van der Waals surface area contributed by atoms with Crippen molar-refractivity contribution < 1.29 is 39.9 Å². The maximum atomic E-state index is 12.5. The van der Waals surface area contributed by atoms with E-state index in [0.29, 0.717) is 0 Å². The van der Waals surface area contributed by atoms with Crippen molar-refractivity contribution in [3.8, 4) is 17.2 Å². The number of carboxylic acid groups (broad SMARTS) is 2. The van der Waals surface area contributed by atoms with Crippen molar-refractivity contribution in [2.45, 2.75) is 0 Å². The monoisotopic (exact) mass is 400 g/mol. The summed E-state index contributed by atoms with van der Waals surface area (Å²) in [6.07, 6.45) is 0. The number of nitrogens with one attached hydrogen (secondary N) is 2. The molecule has 0 fully saturated rings. The molecule has 3 rings (SSSR count). The van der Waals surface area contributed by atoms with E-state index in [4.69, 9.17) is 10.2 Å². The summed E-state index contributed by atoms with van der Waals surface area (Å²) in [4.78, 5) is 49.0. The minimum Gasteiger partial charge on any atom is -0.507 e. The lowest BCUT2D eigenvalue weighted by Crippen LogP contribution is -2.23. The Hall–Kier alpha value is -4.54. The van der Waals surface area contributed by atoms with Gasteiger partial charge in [0, 0.05) is 23.2 Å². The number of carboxylic acids is 2. The number of hydrogen-bond donors (Lipinski definition) is 7. The van der Waals surface area contributed by atoms with E-state index in [1.54, 1.807) is 0 Å². The summed E-state index contributed by atoms with van der Waals surface area (Å²) in [6, 6.07) is 4.94. The molecular formula is C18H12N2O9. The summed E-state index contributed by atoms with van der Waals surface area (Å²) >= 11 is 0. The number of fused-ring (bicyclic) bond motifs is 1. The van der Waals surface area contributed by atoms with Crippen LogP contribution in [0.25, 0.3) is 10.9 Å². The lowest BCUT2D eigenvalue weighted by atomic mass is 10.1. The van der Waals surface area contributed by atoms with Crippen molar-refractivity contribution in [2.24, 2.45) is 0 Å². The van der Waals surface area contributed by atoms with E-state index in [9.17, 15) is 34.5 Å². The highest BCUT2D eigenvalue weighted by Gasteiger charge is 2.22. The number of aromatic amines is 1. The predicted octanol–water partition coefficient (Wildman–Crippen LogP) is 1.29. The van der Waals surface area contributed by atoms with Gasteiger partial charge in [0.05, 0.1) is 5.52 Å². The van der Waals surface area contributed by atoms with Gasteiger partial charge in [-0.1, -0.05) is 0 Å². The van der Waals surface area contributed by atoms with Crippen molar-refractivity contribution in [2.75, 3.05) is 5.32 Å². The summed E-state index contributed by atoms with van der Waals surface area (Å²) in [7, 11) is 0. The van der Waals surface area contributed by atoms with Gasteiger partial charge in [-0.2, -0.15) is 0 Å². The molecule has 1 aromatic heterocycles. The molecule has 148 valence electrons. The molecule has 0 spiro atoms. The summed E-state index contributed by atoms with van der Waals surface area (Å²) in [5.74, 6) is -6.08. The van der Waals surface area contributed by atoms with Gasteiger partial charge in [-0.3, -0.25) is 9.59 Å². The smallest absolute Gasteiger partial charge is 0.339 e. The highest BCUT2D eigenvalue weighted by molar-refractivity contribution is 6.10. The molecule has 0 aliphatic carbocycles. The number of anilines is 1. The molecule has 3 aromatic rings. The maximum absolute atomic E-state index is 12.5. The number of carbonyl (C=O) groups excluding carboxylic acids is 1. The molecule has 0 aliphatic heterocycles. The van der Waals surface area contributed by atoms with Gasteiger partial charge < -0.3 is 35.8 Å². The summed E-state index contributed by atoms with van der Waals surface area (Å²) in [5.41, 5.74) is -2.90. The Bertz CT molecular complexity index is 1260. The number of rotatable bonds is 4. The Morgan fingerprint density at radius 3 is 2.07 bits per heavy atom. The highest BCUT2D eigenvalue weighted by atomic mass is 16.4. The number of carbonyl (C=O) groups is 3. The van der Waals surface area contributed by atoms with Crippen molar-refractivity contribution >= 4 is 34.4 Å². The molecule has 11 nitrogen and oxygen atoms in total. The fraction of sp³-hybridized carbons (Fsp3) is 0. The number of H-pyrrole nitrogens is 1. The third-order valence-corrected chi connectivity index (χ3v) is 4.05. The van der Waals surface area contributed by atoms with E-state index < -0.39 is 57.3 Å². The number of aromatic carboxylic acids is 2. The van der Waals surface area contributed by atoms with Gasteiger partial charge in [0.1, 0.15) is 33.9 Å². The van der Waals surface area contributed by atoms with Crippen LogP contribution in [0.4, 0.5) is 5.69 Å². The third kappa shape index (κ3) is 3.39. The number of aromatic nitrogens is 1. The normalized spacial score (nSPS) is 10.6. The molecular weight excluding hydrogens is 388 g/mol. The van der Waals surface area contributed by atoms with Crippen molar-refractivity contribution in [1.82, 2.24) is 4.98 Å². The van der Waals surface area contributed by atoms with Crippen LogP contribution in [0.3, 0.4) is 0 Å². The molecule has 1 heterocycles. The minimum atomic E-state index is -1.49.